The fraction of sp³-hybridized carbons (Fsp3) is 0.294. The van der Waals surface area contributed by atoms with Crippen LogP contribution in [0.1, 0.15) is 18.1 Å². The normalized spacial score (nSPS) is 11.5. The Morgan fingerprint density at radius 3 is 2.73 bits per heavy atom. The lowest BCUT2D eigenvalue weighted by molar-refractivity contribution is 0.237. The van der Waals surface area contributed by atoms with Gasteiger partial charge in [-0.2, -0.15) is 0 Å². The molecule has 0 saturated heterocycles. The van der Waals surface area contributed by atoms with Gasteiger partial charge in [0.1, 0.15) is 5.75 Å². The average molecular weight is 299 g/mol. The first-order valence-electron chi connectivity index (χ1n) is 7.23. The van der Waals surface area contributed by atoms with Gasteiger partial charge in [0.25, 0.3) is 0 Å². The number of carbonyl (C=O) groups excluding carboxylic acids is 1. The zero-order chi connectivity index (χ0) is 15.8. The molecule has 0 unspecified atom stereocenters. The van der Waals surface area contributed by atoms with E-state index in [0.29, 0.717) is 6.54 Å². The summed E-state index contributed by atoms with van der Waals surface area (Å²) in [5.74, 6) is 0.826. The molecule has 1 atom stereocenters. The number of pyridine rings is 1. The zero-order valence-electron chi connectivity index (χ0n) is 12.9. The highest BCUT2D eigenvalue weighted by Gasteiger charge is 2.08. The summed E-state index contributed by atoms with van der Waals surface area (Å²) in [5, 5.41) is 5.77. The summed E-state index contributed by atoms with van der Waals surface area (Å²) in [7, 11) is 1.65. The maximum Gasteiger partial charge on any atom is 0.315 e. The Morgan fingerprint density at radius 2 is 2.00 bits per heavy atom. The molecule has 0 aliphatic rings. The van der Waals surface area contributed by atoms with Crippen LogP contribution in [0.2, 0.25) is 0 Å². The zero-order valence-corrected chi connectivity index (χ0v) is 12.9. The molecule has 0 fully saturated rings. The quantitative estimate of drug-likeness (QED) is 0.861. The lowest BCUT2D eigenvalue weighted by Crippen LogP contribution is -2.41. The van der Waals surface area contributed by atoms with Gasteiger partial charge in [-0.15, -0.1) is 0 Å². The van der Waals surface area contributed by atoms with Gasteiger partial charge >= 0.3 is 6.03 Å². The summed E-state index contributed by atoms with van der Waals surface area (Å²) in [4.78, 5) is 15.8. The molecule has 2 aromatic rings. The van der Waals surface area contributed by atoms with E-state index >= 15 is 0 Å². The first kappa shape index (κ1) is 15.8. The van der Waals surface area contributed by atoms with E-state index in [2.05, 4.69) is 15.6 Å². The van der Waals surface area contributed by atoms with Gasteiger partial charge in [-0.3, -0.25) is 4.98 Å². The molecular weight excluding hydrogens is 278 g/mol. The van der Waals surface area contributed by atoms with Gasteiger partial charge in [0.05, 0.1) is 7.11 Å². The fourth-order valence-electron chi connectivity index (χ4n) is 2.16. The van der Waals surface area contributed by atoms with E-state index in [9.17, 15) is 4.79 Å². The average Bonchev–Trinajstić information content (AvgIpc) is 2.54. The Balaban J connectivity index is 1.78. The van der Waals surface area contributed by atoms with Crippen molar-refractivity contribution >= 4 is 6.03 Å². The highest BCUT2D eigenvalue weighted by Crippen LogP contribution is 2.13. The van der Waals surface area contributed by atoms with E-state index < -0.39 is 0 Å². The summed E-state index contributed by atoms with van der Waals surface area (Å²) >= 11 is 0. The van der Waals surface area contributed by atoms with Gasteiger partial charge < -0.3 is 15.4 Å². The van der Waals surface area contributed by atoms with Crippen LogP contribution in [0.3, 0.4) is 0 Å². The molecule has 0 radical (unpaired) electrons. The standard InChI is InChI=1S/C17H21N3O2/c1-13(10-15-4-3-5-16(11-15)22-2)20-17(21)19-12-14-6-8-18-9-7-14/h3-9,11,13H,10,12H2,1-2H3,(H2,19,20,21)/t13-/m0/s1. The molecule has 0 aliphatic heterocycles. The molecule has 0 aliphatic carbocycles. The summed E-state index contributed by atoms with van der Waals surface area (Å²) in [6.07, 6.45) is 4.17. The Hall–Kier alpha value is -2.56. The minimum atomic E-state index is -0.174. The number of aromatic nitrogens is 1. The summed E-state index contributed by atoms with van der Waals surface area (Å²) in [6, 6.07) is 11.5. The molecule has 0 saturated carbocycles. The predicted molar refractivity (Wildman–Crippen MR) is 85.8 cm³/mol. The summed E-state index contributed by atoms with van der Waals surface area (Å²) in [6.45, 7) is 2.46. The van der Waals surface area contributed by atoms with Gasteiger partial charge in [-0.1, -0.05) is 12.1 Å². The highest BCUT2D eigenvalue weighted by molar-refractivity contribution is 5.74. The number of amides is 2. The first-order chi connectivity index (χ1) is 10.7. The second-order valence-corrected chi connectivity index (χ2v) is 5.14. The van der Waals surface area contributed by atoms with E-state index in [1.807, 2.05) is 43.3 Å². The molecule has 2 rings (SSSR count). The van der Waals surface area contributed by atoms with Crippen molar-refractivity contribution in [3.8, 4) is 5.75 Å². The van der Waals surface area contributed by atoms with Crippen molar-refractivity contribution in [2.45, 2.75) is 25.9 Å². The lowest BCUT2D eigenvalue weighted by Gasteiger charge is -2.15. The monoisotopic (exact) mass is 299 g/mol. The fourth-order valence-corrected chi connectivity index (χ4v) is 2.16. The van der Waals surface area contributed by atoms with Crippen LogP contribution >= 0.6 is 0 Å². The largest absolute Gasteiger partial charge is 0.497 e. The second kappa shape index (κ2) is 8.02. The molecule has 1 aromatic carbocycles. The Bertz CT molecular complexity index is 602. The molecule has 2 N–H and O–H groups in total. The Morgan fingerprint density at radius 1 is 1.23 bits per heavy atom. The van der Waals surface area contributed by atoms with E-state index in [0.717, 1.165) is 23.3 Å². The van der Waals surface area contributed by atoms with Crippen LogP contribution in [0.5, 0.6) is 5.75 Å². The van der Waals surface area contributed by atoms with Crippen LogP contribution in [-0.4, -0.2) is 24.2 Å². The predicted octanol–water partition coefficient (Wildman–Crippen LogP) is 2.52. The minimum absolute atomic E-state index is 0.0320. The molecule has 1 aromatic heterocycles. The number of rotatable bonds is 6. The number of carbonyl (C=O) groups is 1. The number of ether oxygens (including phenoxy) is 1. The number of hydrogen-bond donors (Lipinski definition) is 2. The maximum atomic E-state index is 11.9. The molecule has 22 heavy (non-hydrogen) atoms. The molecule has 0 spiro atoms. The van der Waals surface area contributed by atoms with Crippen molar-refractivity contribution in [2.75, 3.05) is 7.11 Å². The van der Waals surface area contributed by atoms with Crippen LogP contribution in [0.25, 0.3) is 0 Å². The molecule has 1 heterocycles. The SMILES string of the molecule is COc1cccc(C[C@H](C)NC(=O)NCc2ccncc2)c1. The smallest absolute Gasteiger partial charge is 0.315 e. The number of nitrogens with zero attached hydrogens (tertiary/aromatic N) is 1. The topological polar surface area (TPSA) is 63.2 Å². The van der Waals surface area contributed by atoms with Gasteiger partial charge in [0, 0.05) is 25.0 Å². The Labute approximate surface area is 130 Å². The van der Waals surface area contributed by atoms with Crippen LogP contribution in [0, 0.1) is 0 Å². The second-order valence-electron chi connectivity index (χ2n) is 5.14. The maximum absolute atomic E-state index is 11.9. The summed E-state index contributed by atoms with van der Waals surface area (Å²) < 4.78 is 5.20. The third-order valence-corrected chi connectivity index (χ3v) is 3.26. The number of nitrogens with one attached hydrogen (secondary N) is 2. The molecule has 5 nitrogen and oxygen atoms in total. The molecule has 0 bridgehead atoms. The lowest BCUT2D eigenvalue weighted by atomic mass is 10.1. The highest BCUT2D eigenvalue weighted by atomic mass is 16.5. The van der Waals surface area contributed by atoms with Crippen molar-refractivity contribution < 1.29 is 9.53 Å². The Kier molecular flexibility index (Phi) is 5.77. The molecular formula is C17H21N3O2. The van der Waals surface area contributed by atoms with Crippen molar-refractivity contribution in [3.63, 3.8) is 0 Å². The van der Waals surface area contributed by atoms with E-state index in [-0.39, 0.29) is 12.1 Å². The number of benzene rings is 1. The van der Waals surface area contributed by atoms with Crippen LogP contribution in [0.4, 0.5) is 4.79 Å². The van der Waals surface area contributed by atoms with Crippen molar-refractivity contribution in [3.05, 3.63) is 59.9 Å². The van der Waals surface area contributed by atoms with Gasteiger partial charge in [0.2, 0.25) is 0 Å². The van der Waals surface area contributed by atoms with Crippen LogP contribution in [0.15, 0.2) is 48.8 Å². The number of methoxy groups -OCH3 is 1. The van der Waals surface area contributed by atoms with Crippen molar-refractivity contribution in [1.82, 2.24) is 15.6 Å². The molecule has 116 valence electrons. The third-order valence-electron chi connectivity index (χ3n) is 3.26. The van der Waals surface area contributed by atoms with E-state index in [1.165, 1.54) is 0 Å². The van der Waals surface area contributed by atoms with Gasteiger partial charge in [-0.25, -0.2) is 4.79 Å². The third kappa shape index (κ3) is 5.09. The molecule has 2 amide bonds. The number of urea groups is 1. The van der Waals surface area contributed by atoms with Crippen LogP contribution in [-0.2, 0) is 13.0 Å². The first-order valence-corrected chi connectivity index (χ1v) is 7.23. The summed E-state index contributed by atoms with van der Waals surface area (Å²) in [5.41, 5.74) is 2.15. The molecule has 5 heteroatoms. The minimum Gasteiger partial charge on any atom is -0.497 e. The number of hydrogen-bond acceptors (Lipinski definition) is 3. The van der Waals surface area contributed by atoms with E-state index in [4.69, 9.17) is 4.74 Å². The van der Waals surface area contributed by atoms with Crippen LogP contribution < -0.4 is 15.4 Å². The van der Waals surface area contributed by atoms with Crippen molar-refractivity contribution in [2.24, 2.45) is 0 Å². The van der Waals surface area contributed by atoms with E-state index in [1.54, 1.807) is 19.5 Å². The van der Waals surface area contributed by atoms with Crippen molar-refractivity contribution in [1.29, 1.82) is 0 Å². The van der Waals surface area contributed by atoms with Gasteiger partial charge in [-0.05, 0) is 48.7 Å². The van der Waals surface area contributed by atoms with Gasteiger partial charge in [0.15, 0.2) is 0 Å².